The predicted molar refractivity (Wildman–Crippen MR) is 69.4 cm³/mol. The van der Waals surface area contributed by atoms with Crippen LogP contribution in [0.4, 0.5) is 18.9 Å². The van der Waals surface area contributed by atoms with Gasteiger partial charge in [0.1, 0.15) is 0 Å². The number of imidazole rings is 1. The third-order valence-corrected chi connectivity index (χ3v) is 2.78. The molecule has 7 heteroatoms. The molecule has 1 aromatic heterocycles. The van der Waals surface area contributed by atoms with E-state index in [1.807, 2.05) is 0 Å². The number of anilines is 1. The highest BCUT2D eigenvalue weighted by atomic mass is 19.4. The Hall–Kier alpha value is -2.05. The zero-order chi connectivity index (χ0) is 15.1. The van der Waals surface area contributed by atoms with Crippen molar-refractivity contribution in [1.29, 1.82) is 0 Å². The number of nitrogens with one attached hydrogen (secondary N) is 1. The lowest BCUT2D eigenvalue weighted by molar-refractivity contribution is -0.147. The van der Waals surface area contributed by atoms with Gasteiger partial charge in [0.25, 0.3) is 0 Å². The first kappa shape index (κ1) is 14.4. The maximum absolute atomic E-state index is 13.0. The molecule has 1 amide bonds. The molecule has 0 unspecified atom stereocenters. The van der Waals surface area contributed by atoms with E-state index >= 15 is 0 Å². The van der Waals surface area contributed by atoms with Crippen LogP contribution in [0.5, 0.6) is 0 Å². The summed E-state index contributed by atoms with van der Waals surface area (Å²) in [4.78, 5) is 14.7. The topological polar surface area (TPSA) is 46.9 Å². The molecule has 0 spiro atoms. The second-order valence-electron chi connectivity index (χ2n) is 4.78. The van der Waals surface area contributed by atoms with E-state index in [2.05, 4.69) is 10.3 Å². The van der Waals surface area contributed by atoms with E-state index in [4.69, 9.17) is 0 Å². The Bertz CT molecular complexity index is 659. The van der Waals surface area contributed by atoms with Crippen LogP contribution in [0.25, 0.3) is 11.0 Å². The summed E-state index contributed by atoms with van der Waals surface area (Å²) in [6.07, 6.45) is -4.52. The average Bonchev–Trinajstić information content (AvgIpc) is 2.66. The number of carbonyl (C=O) groups is 1. The first-order chi connectivity index (χ1) is 9.20. The SMILES string of the molecule is CC(=O)Nc1ccc2nc(C(F)(F)F)n(C(C)C)c2c1. The first-order valence-electron chi connectivity index (χ1n) is 6.07. The molecule has 0 atom stereocenters. The van der Waals surface area contributed by atoms with Crippen LogP contribution in [-0.4, -0.2) is 15.5 Å². The van der Waals surface area contributed by atoms with Crippen molar-refractivity contribution in [1.82, 2.24) is 9.55 Å². The Labute approximate surface area is 113 Å². The highest BCUT2D eigenvalue weighted by molar-refractivity contribution is 5.91. The summed E-state index contributed by atoms with van der Waals surface area (Å²) >= 11 is 0. The van der Waals surface area contributed by atoms with Crippen molar-refractivity contribution in [3.8, 4) is 0 Å². The van der Waals surface area contributed by atoms with Gasteiger partial charge in [-0.05, 0) is 32.0 Å². The molecule has 0 aliphatic carbocycles. The molecular formula is C13H14F3N3O. The van der Waals surface area contributed by atoms with Crippen molar-refractivity contribution in [2.45, 2.75) is 33.0 Å². The van der Waals surface area contributed by atoms with Gasteiger partial charge in [0.05, 0.1) is 11.0 Å². The van der Waals surface area contributed by atoms with Gasteiger partial charge in [0.15, 0.2) is 0 Å². The normalized spacial score (nSPS) is 12.2. The quantitative estimate of drug-likeness (QED) is 0.916. The molecule has 0 saturated heterocycles. The highest BCUT2D eigenvalue weighted by Crippen LogP contribution is 2.34. The van der Waals surface area contributed by atoms with Crippen molar-refractivity contribution in [2.24, 2.45) is 0 Å². The Kier molecular flexibility index (Phi) is 3.45. The molecule has 1 aromatic carbocycles. The molecule has 0 bridgehead atoms. The van der Waals surface area contributed by atoms with Gasteiger partial charge < -0.3 is 9.88 Å². The Morgan fingerprint density at radius 1 is 1.35 bits per heavy atom. The molecule has 4 nitrogen and oxygen atoms in total. The number of fused-ring (bicyclic) bond motifs is 1. The third kappa shape index (κ3) is 2.61. The largest absolute Gasteiger partial charge is 0.449 e. The molecule has 0 saturated carbocycles. The smallest absolute Gasteiger partial charge is 0.326 e. The maximum atomic E-state index is 13.0. The van der Waals surface area contributed by atoms with Crippen LogP contribution < -0.4 is 5.32 Å². The van der Waals surface area contributed by atoms with Gasteiger partial charge in [0.2, 0.25) is 11.7 Å². The van der Waals surface area contributed by atoms with Gasteiger partial charge in [-0.25, -0.2) is 4.98 Å². The van der Waals surface area contributed by atoms with Crippen LogP contribution in [-0.2, 0) is 11.0 Å². The number of alkyl halides is 3. The van der Waals surface area contributed by atoms with Crippen LogP contribution in [0.3, 0.4) is 0 Å². The molecule has 2 aromatic rings. The van der Waals surface area contributed by atoms with Crippen LogP contribution in [0.1, 0.15) is 32.6 Å². The minimum Gasteiger partial charge on any atom is -0.326 e. The summed E-state index contributed by atoms with van der Waals surface area (Å²) < 4.78 is 40.1. The Morgan fingerprint density at radius 2 is 2.00 bits per heavy atom. The van der Waals surface area contributed by atoms with Crippen LogP contribution >= 0.6 is 0 Å². The summed E-state index contributed by atoms with van der Waals surface area (Å²) in [6.45, 7) is 4.65. The molecule has 0 radical (unpaired) electrons. The summed E-state index contributed by atoms with van der Waals surface area (Å²) in [5.74, 6) is -1.21. The molecule has 0 fully saturated rings. The number of rotatable bonds is 2. The molecule has 1 heterocycles. The minimum atomic E-state index is -4.52. The van der Waals surface area contributed by atoms with Crippen molar-refractivity contribution in [3.05, 3.63) is 24.0 Å². The molecule has 2 rings (SSSR count). The second-order valence-corrected chi connectivity index (χ2v) is 4.78. The van der Waals surface area contributed by atoms with Crippen LogP contribution in [0, 0.1) is 0 Å². The number of aromatic nitrogens is 2. The fourth-order valence-corrected chi connectivity index (χ4v) is 2.10. The van der Waals surface area contributed by atoms with Crippen molar-refractivity contribution < 1.29 is 18.0 Å². The number of hydrogen-bond acceptors (Lipinski definition) is 2. The van der Waals surface area contributed by atoms with Crippen molar-refractivity contribution in [2.75, 3.05) is 5.32 Å². The van der Waals surface area contributed by atoms with Gasteiger partial charge in [-0.2, -0.15) is 13.2 Å². The van der Waals surface area contributed by atoms with E-state index in [0.717, 1.165) is 4.57 Å². The van der Waals surface area contributed by atoms with E-state index in [9.17, 15) is 18.0 Å². The lowest BCUT2D eigenvalue weighted by Gasteiger charge is -2.15. The van der Waals surface area contributed by atoms with E-state index in [-0.39, 0.29) is 11.4 Å². The second kappa shape index (κ2) is 4.81. The summed E-state index contributed by atoms with van der Waals surface area (Å²) in [7, 11) is 0. The molecule has 108 valence electrons. The number of benzene rings is 1. The van der Waals surface area contributed by atoms with Gasteiger partial charge in [-0.3, -0.25) is 4.79 Å². The highest BCUT2D eigenvalue weighted by Gasteiger charge is 2.38. The van der Waals surface area contributed by atoms with Gasteiger partial charge in [-0.1, -0.05) is 0 Å². The molecule has 0 aliphatic heterocycles. The van der Waals surface area contributed by atoms with Gasteiger partial charge in [-0.15, -0.1) is 0 Å². The van der Waals surface area contributed by atoms with Crippen LogP contribution in [0.15, 0.2) is 18.2 Å². The lowest BCUT2D eigenvalue weighted by Crippen LogP contribution is -2.16. The van der Waals surface area contributed by atoms with Crippen molar-refractivity contribution in [3.63, 3.8) is 0 Å². The third-order valence-electron chi connectivity index (χ3n) is 2.78. The number of hydrogen-bond donors (Lipinski definition) is 1. The fourth-order valence-electron chi connectivity index (χ4n) is 2.10. The Morgan fingerprint density at radius 3 is 2.50 bits per heavy atom. The monoisotopic (exact) mass is 285 g/mol. The van der Waals surface area contributed by atoms with E-state index in [0.29, 0.717) is 11.2 Å². The molecule has 0 aliphatic rings. The molecule has 1 N–H and O–H groups in total. The summed E-state index contributed by atoms with van der Waals surface area (Å²) in [6, 6.07) is 4.10. The minimum absolute atomic E-state index is 0.250. The fraction of sp³-hybridized carbons (Fsp3) is 0.385. The molecule has 20 heavy (non-hydrogen) atoms. The number of halogens is 3. The van der Waals surface area contributed by atoms with E-state index in [1.165, 1.54) is 25.1 Å². The molecular weight excluding hydrogens is 271 g/mol. The number of nitrogens with zero attached hydrogens (tertiary/aromatic N) is 2. The number of carbonyl (C=O) groups excluding carboxylic acids is 1. The average molecular weight is 285 g/mol. The predicted octanol–water partition coefficient (Wildman–Crippen LogP) is 3.59. The van der Waals surface area contributed by atoms with E-state index < -0.39 is 18.0 Å². The maximum Gasteiger partial charge on any atom is 0.449 e. The zero-order valence-corrected chi connectivity index (χ0v) is 11.2. The summed E-state index contributed by atoms with van der Waals surface area (Å²) in [5, 5.41) is 2.55. The Balaban J connectivity index is 2.67. The van der Waals surface area contributed by atoms with Crippen molar-refractivity contribution >= 4 is 22.6 Å². The van der Waals surface area contributed by atoms with Gasteiger partial charge >= 0.3 is 6.18 Å². The summed E-state index contributed by atoms with van der Waals surface area (Å²) in [5.41, 5.74) is 1.04. The van der Waals surface area contributed by atoms with Crippen LogP contribution in [0.2, 0.25) is 0 Å². The van der Waals surface area contributed by atoms with E-state index in [1.54, 1.807) is 13.8 Å². The zero-order valence-electron chi connectivity index (χ0n) is 11.2. The van der Waals surface area contributed by atoms with Gasteiger partial charge in [0, 0.05) is 18.7 Å². The number of amides is 1. The lowest BCUT2D eigenvalue weighted by atomic mass is 10.2. The first-order valence-corrected chi connectivity index (χ1v) is 6.07. The standard InChI is InChI=1S/C13H14F3N3O/c1-7(2)19-11-6-9(17-8(3)20)4-5-10(11)18-12(19)13(14,15)16/h4-7H,1-3H3,(H,17,20).